The molecule has 2 rings (SSSR count). The molecule has 1 heterocycles. The van der Waals surface area contributed by atoms with Gasteiger partial charge in [-0.25, -0.2) is 13.6 Å². The molecule has 0 saturated carbocycles. The van der Waals surface area contributed by atoms with E-state index in [0.29, 0.717) is 18.5 Å². The molecule has 2 aromatic rings. The van der Waals surface area contributed by atoms with Gasteiger partial charge in [-0.05, 0) is 36.8 Å². The van der Waals surface area contributed by atoms with Crippen LogP contribution in [0.5, 0.6) is 0 Å². The second-order valence-electron chi connectivity index (χ2n) is 4.28. The van der Waals surface area contributed by atoms with Crippen LogP contribution < -0.4 is 10.5 Å². The van der Waals surface area contributed by atoms with Crippen LogP contribution >= 0.6 is 27.3 Å². The van der Waals surface area contributed by atoms with Crippen molar-refractivity contribution in [2.45, 2.75) is 10.6 Å². The van der Waals surface area contributed by atoms with Crippen LogP contribution in [0.4, 0.5) is 0 Å². The number of hydrogen-bond donors (Lipinski definition) is 2. The number of nitrogens with one attached hydrogen (secondary N) is 1. The minimum atomic E-state index is -3.65. The van der Waals surface area contributed by atoms with Crippen molar-refractivity contribution in [1.29, 1.82) is 0 Å². The first-order chi connectivity index (χ1) is 9.86. The van der Waals surface area contributed by atoms with Gasteiger partial charge in [0.1, 0.15) is 4.21 Å². The number of carbonyl (C=O) groups excluding carboxylic acids is 1. The fourth-order valence-electron chi connectivity index (χ4n) is 1.68. The van der Waals surface area contributed by atoms with Crippen LogP contribution in [0.3, 0.4) is 0 Å². The van der Waals surface area contributed by atoms with Crippen molar-refractivity contribution in [3.05, 3.63) is 51.3 Å². The number of benzene rings is 1. The van der Waals surface area contributed by atoms with Gasteiger partial charge >= 0.3 is 0 Å². The first kappa shape index (κ1) is 16.2. The summed E-state index contributed by atoms with van der Waals surface area (Å²) in [5.41, 5.74) is 0.570. The van der Waals surface area contributed by atoms with Crippen molar-refractivity contribution in [2.75, 3.05) is 6.54 Å². The summed E-state index contributed by atoms with van der Waals surface area (Å²) >= 11 is 4.43. The standard InChI is InChI=1S/C13H13BrN2O3S2/c14-10-3-1-2-9(8-10)13(17)16-7-6-11-4-5-12(20-11)21(15,18)19/h1-5,8H,6-7H2,(H,16,17)(H2,15,18,19). The molecule has 21 heavy (non-hydrogen) atoms. The largest absolute Gasteiger partial charge is 0.352 e. The molecule has 0 bridgehead atoms. The Labute approximate surface area is 135 Å². The van der Waals surface area contributed by atoms with Crippen molar-refractivity contribution < 1.29 is 13.2 Å². The molecule has 0 saturated heterocycles. The van der Waals surface area contributed by atoms with Gasteiger partial charge in [-0.2, -0.15) is 0 Å². The van der Waals surface area contributed by atoms with Crippen LogP contribution in [-0.4, -0.2) is 20.9 Å². The molecule has 0 aliphatic heterocycles. The van der Waals surface area contributed by atoms with Gasteiger partial charge in [-0.1, -0.05) is 22.0 Å². The third kappa shape index (κ3) is 4.63. The smallest absolute Gasteiger partial charge is 0.251 e. The Morgan fingerprint density at radius 2 is 2.05 bits per heavy atom. The van der Waals surface area contributed by atoms with E-state index in [4.69, 9.17) is 5.14 Å². The van der Waals surface area contributed by atoms with E-state index < -0.39 is 10.0 Å². The lowest BCUT2D eigenvalue weighted by Crippen LogP contribution is -2.25. The summed E-state index contributed by atoms with van der Waals surface area (Å²) in [5, 5.41) is 7.83. The molecule has 0 unspecified atom stereocenters. The molecule has 1 aromatic carbocycles. The molecule has 0 radical (unpaired) electrons. The predicted molar refractivity (Wildman–Crippen MR) is 85.9 cm³/mol. The van der Waals surface area contributed by atoms with Crippen LogP contribution in [-0.2, 0) is 16.4 Å². The summed E-state index contributed by atoms with van der Waals surface area (Å²) in [5.74, 6) is -0.167. The van der Waals surface area contributed by atoms with E-state index in [-0.39, 0.29) is 10.1 Å². The van der Waals surface area contributed by atoms with Crippen LogP contribution in [0, 0.1) is 0 Å². The number of hydrogen-bond acceptors (Lipinski definition) is 4. The maximum absolute atomic E-state index is 11.9. The lowest BCUT2D eigenvalue weighted by Gasteiger charge is -2.04. The second kappa shape index (κ2) is 6.69. The number of amides is 1. The van der Waals surface area contributed by atoms with Crippen molar-refractivity contribution in [3.8, 4) is 0 Å². The Kier molecular flexibility index (Phi) is 5.15. The molecule has 8 heteroatoms. The van der Waals surface area contributed by atoms with Crippen molar-refractivity contribution in [1.82, 2.24) is 5.32 Å². The maximum atomic E-state index is 11.9. The Hall–Kier alpha value is -1.22. The van der Waals surface area contributed by atoms with Crippen LogP contribution in [0.25, 0.3) is 0 Å². The van der Waals surface area contributed by atoms with E-state index in [1.807, 2.05) is 6.07 Å². The molecular weight excluding hydrogens is 376 g/mol. The molecule has 0 spiro atoms. The van der Waals surface area contributed by atoms with Crippen molar-refractivity contribution in [2.24, 2.45) is 5.14 Å². The molecule has 1 amide bonds. The molecule has 112 valence electrons. The zero-order valence-corrected chi connectivity index (χ0v) is 14.1. The third-order valence-corrected chi connectivity index (χ3v) is 5.74. The highest BCUT2D eigenvalue weighted by Crippen LogP contribution is 2.20. The topological polar surface area (TPSA) is 89.3 Å². The Balaban J connectivity index is 1.90. The highest BCUT2D eigenvalue weighted by Gasteiger charge is 2.11. The summed E-state index contributed by atoms with van der Waals surface area (Å²) in [4.78, 5) is 12.8. The average molecular weight is 389 g/mol. The molecule has 0 atom stereocenters. The van der Waals surface area contributed by atoms with Gasteiger partial charge in [0.05, 0.1) is 0 Å². The van der Waals surface area contributed by atoms with Gasteiger partial charge in [-0.3, -0.25) is 4.79 Å². The zero-order chi connectivity index (χ0) is 15.5. The fourth-order valence-corrected chi connectivity index (χ4v) is 3.85. The number of primary sulfonamides is 1. The van der Waals surface area contributed by atoms with Crippen molar-refractivity contribution >= 4 is 43.2 Å². The minimum absolute atomic E-state index is 0.135. The summed E-state index contributed by atoms with van der Waals surface area (Å²) in [6.45, 7) is 0.427. The van der Waals surface area contributed by atoms with Crippen molar-refractivity contribution in [3.63, 3.8) is 0 Å². The summed E-state index contributed by atoms with van der Waals surface area (Å²) in [7, 11) is -3.65. The molecule has 3 N–H and O–H groups in total. The SMILES string of the molecule is NS(=O)(=O)c1ccc(CCNC(=O)c2cccc(Br)c2)s1. The Morgan fingerprint density at radius 1 is 1.29 bits per heavy atom. The van der Waals surface area contributed by atoms with Gasteiger partial charge in [0.25, 0.3) is 5.91 Å². The van der Waals surface area contributed by atoms with E-state index in [1.165, 1.54) is 6.07 Å². The summed E-state index contributed by atoms with van der Waals surface area (Å²) in [6, 6.07) is 10.3. The Bertz CT molecular complexity index is 756. The Morgan fingerprint density at radius 3 is 2.67 bits per heavy atom. The number of rotatable bonds is 5. The first-order valence-electron chi connectivity index (χ1n) is 6.01. The molecule has 1 aromatic heterocycles. The summed E-state index contributed by atoms with van der Waals surface area (Å²) in [6.07, 6.45) is 0.555. The van der Waals surface area contributed by atoms with E-state index in [0.717, 1.165) is 20.7 Å². The highest BCUT2D eigenvalue weighted by molar-refractivity contribution is 9.10. The highest BCUT2D eigenvalue weighted by atomic mass is 79.9. The number of nitrogens with two attached hydrogens (primary N) is 1. The van der Waals surface area contributed by atoms with Gasteiger partial charge in [0.15, 0.2) is 0 Å². The molecule has 0 fully saturated rings. The van der Waals surface area contributed by atoms with Crippen LogP contribution in [0.2, 0.25) is 0 Å². The van der Waals surface area contributed by atoms with Crippen LogP contribution in [0.1, 0.15) is 15.2 Å². The van der Waals surface area contributed by atoms with E-state index >= 15 is 0 Å². The quantitative estimate of drug-likeness (QED) is 0.821. The van der Waals surface area contributed by atoms with Gasteiger partial charge in [0, 0.05) is 21.5 Å². The fraction of sp³-hybridized carbons (Fsp3) is 0.154. The lowest BCUT2D eigenvalue weighted by molar-refractivity contribution is 0.0954. The molecule has 0 aliphatic carbocycles. The third-order valence-electron chi connectivity index (χ3n) is 2.66. The summed E-state index contributed by atoms with van der Waals surface area (Å²) < 4.78 is 23.3. The maximum Gasteiger partial charge on any atom is 0.251 e. The number of carbonyl (C=O) groups is 1. The monoisotopic (exact) mass is 388 g/mol. The van der Waals surface area contributed by atoms with E-state index in [1.54, 1.807) is 24.3 Å². The van der Waals surface area contributed by atoms with Gasteiger partial charge in [-0.15, -0.1) is 11.3 Å². The molecular formula is C13H13BrN2O3S2. The second-order valence-corrected chi connectivity index (χ2v) is 8.15. The van der Waals surface area contributed by atoms with Gasteiger partial charge < -0.3 is 5.32 Å². The van der Waals surface area contributed by atoms with E-state index in [9.17, 15) is 13.2 Å². The lowest BCUT2D eigenvalue weighted by atomic mass is 10.2. The minimum Gasteiger partial charge on any atom is -0.352 e. The molecule has 5 nitrogen and oxygen atoms in total. The average Bonchev–Trinajstić information content (AvgIpc) is 2.87. The van der Waals surface area contributed by atoms with Crippen LogP contribution in [0.15, 0.2) is 45.1 Å². The number of sulfonamides is 1. The number of thiophene rings is 1. The van der Waals surface area contributed by atoms with E-state index in [2.05, 4.69) is 21.2 Å². The first-order valence-corrected chi connectivity index (χ1v) is 9.17. The number of halogens is 1. The molecule has 0 aliphatic rings. The zero-order valence-electron chi connectivity index (χ0n) is 10.9. The van der Waals surface area contributed by atoms with Gasteiger partial charge in [0.2, 0.25) is 10.0 Å². The normalized spacial score (nSPS) is 11.3. The predicted octanol–water partition coefficient (Wildman–Crippen LogP) is 2.13.